The van der Waals surface area contributed by atoms with Crippen LogP contribution in [0.15, 0.2) is 114 Å². The Kier molecular flexibility index (Phi) is 12.0. The lowest BCUT2D eigenvalue weighted by atomic mass is 9.82. The molecule has 0 spiro atoms. The van der Waals surface area contributed by atoms with E-state index in [2.05, 4.69) is 10.1 Å². The third kappa shape index (κ3) is 9.15. The van der Waals surface area contributed by atoms with Gasteiger partial charge in [-0.25, -0.2) is 0 Å². The van der Waals surface area contributed by atoms with Crippen LogP contribution in [0.25, 0.3) is 43.4 Å². The van der Waals surface area contributed by atoms with Crippen LogP contribution in [0.3, 0.4) is 0 Å². The van der Waals surface area contributed by atoms with Crippen molar-refractivity contribution in [2.24, 2.45) is 5.11 Å². The van der Waals surface area contributed by atoms with Crippen LogP contribution >= 0.6 is 11.3 Å². The summed E-state index contributed by atoms with van der Waals surface area (Å²) in [6.45, 7) is 8.78. The number of rotatable bonds is 3. The van der Waals surface area contributed by atoms with E-state index < -0.39 is 80.3 Å². The quantitative estimate of drug-likeness (QED) is 0.0989. The third-order valence-corrected chi connectivity index (χ3v) is 12.6. The Bertz CT molecular complexity index is 3460. The molecule has 67 heavy (non-hydrogen) atoms. The predicted molar refractivity (Wildman–Crippen MR) is 233 cm³/mol. The normalized spacial score (nSPS) is 15.1. The Morgan fingerprint density at radius 3 is 1.16 bits per heavy atom. The van der Waals surface area contributed by atoms with Crippen LogP contribution in [-0.2, 0) is 35.5 Å². The average molecular weight is 953 g/mol. The Morgan fingerprint density at radius 1 is 0.478 bits per heavy atom. The largest absolute Gasteiger partial charge is 0.706 e. The van der Waals surface area contributed by atoms with E-state index in [0.29, 0.717) is 54.5 Å². The van der Waals surface area contributed by atoms with Gasteiger partial charge in [0.15, 0.2) is 4.98 Å². The molecule has 0 bridgehead atoms. The summed E-state index contributed by atoms with van der Waals surface area (Å²) in [7, 11) is 0. The molecule has 17 heteroatoms. The van der Waals surface area contributed by atoms with Crippen LogP contribution in [0.2, 0.25) is 0 Å². The van der Waals surface area contributed by atoms with E-state index in [1.165, 1.54) is 101 Å². The van der Waals surface area contributed by atoms with Crippen LogP contribution in [0.4, 0.5) is 52.7 Å². The van der Waals surface area contributed by atoms with E-state index in [1.54, 1.807) is 36.4 Å². The zero-order valence-corrected chi connectivity index (χ0v) is 36.9. The number of benzene rings is 6. The van der Waals surface area contributed by atoms with E-state index in [1.807, 2.05) is 0 Å². The van der Waals surface area contributed by atoms with Gasteiger partial charge in [0.2, 0.25) is 5.39 Å². The molecule has 346 valence electrons. The number of thiophene rings is 1. The van der Waals surface area contributed by atoms with Crippen molar-refractivity contribution >= 4 is 44.3 Å². The van der Waals surface area contributed by atoms with Crippen LogP contribution in [-0.4, -0.2) is 0 Å². The maximum Gasteiger partial charge on any atom is 0.417 e. The maximum absolute atomic E-state index is 14.8. The van der Waals surface area contributed by atoms with Crippen molar-refractivity contribution in [3.05, 3.63) is 194 Å². The van der Waals surface area contributed by atoms with Gasteiger partial charge < -0.3 is 10.6 Å². The van der Waals surface area contributed by atoms with Gasteiger partial charge in [0.1, 0.15) is 0 Å². The molecule has 0 atom stereocenters. The van der Waals surface area contributed by atoms with Gasteiger partial charge in [-0.3, -0.25) is 0 Å². The monoisotopic (exact) mass is 952 g/mol. The van der Waals surface area contributed by atoms with Crippen molar-refractivity contribution in [2.75, 3.05) is 0 Å². The minimum absolute atomic E-state index is 0.140. The lowest BCUT2D eigenvalue weighted by Crippen LogP contribution is -2.22. The first-order valence-corrected chi connectivity index (χ1v) is 21.0. The second kappa shape index (κ2) is 16.7. The first-order valence-electron chi connectivity index (χ1n) is 20.2. The Hall–Kier alpha value is -6.54. The maximum atomic E-state index is 14.8. The number of fused-ring (bicyclic) bond motifs is 2. The molecule has 0 fully saturated rings. The summed E-state index contributed by atoms with van der Waals surface area (Å²) in [6.07, 6.45) is -21.2. The van der Waals surface area contributed by atoms with Gasteiger partial charge in [0.25, 0.3) is 0 Å². The summed E-state index contributed by atoms with van der Waals surface area (Å²) >= 11 is 1.18. The molecule has 0 aliphatic heterocycles. The Balaban J connectivity index is 1.57. The SMILES string of the molecule is CC(C)(C)c1cc(C(F)(F)F)c(C(N=[N-])=c2ccc(=c3ccc(=c4ccc(=C([N+]#N)c5c(C(F)(F)F)cc(C(C)(C)C)cc5C(F)(F)F)c5ccccc45)s3)c3ccccc23)c(C(F)(F)F)c1. The molecule has 0 unspecified atom stereocenters. The van der Waals surface area contributed by atoms with Gasteiger partial charge in [0.05, 0.1) is 38.7 Å². The van der Waals surface area contributed by atoms with Gasteiger partial charge >= 0.3 is 30.4 Å². The first-order chi connectivity index (χ1) is 31.0. The number of halogens is 12. The number of diazo groups is 1. The van der Waals surface area contributed by atoms with Crippen LogP contribution in [0.1, 0.15) is 86.1 Å². The molecule has 7 rings (SSSR count). The van der Waals surface area contributed by atoms with Crippen molar-refractivity contribution in [1.82, 2.24) is 0 Å². The van der Waals surface area contributed by atoms with Crippen LogP contribution in [0.5, 0.6) is 0 Å². The van der Waals surface area contributed by atoms with Gasteiger partial charge in [0, 0.05) is 19.8 Å². The number of alkyl halides is 12. The predicted octanol–water partition coefficient (Wildman–Crippen LogP) is 15.5. The highest BCUT2D eigenvalue weighted by molar-refractivity contribution is 7.08. The molecule has 1 aromatic heterocycles. The first kappa shape index (κ1) is 48.4. The van der Waals surface area contributed by atoms with E-state index in [-0.39, 0.29) is 32.3 Å². The molecule has 4 nitrogen and oxygen atoms in total. The summed E-state index contributed by atoms with van der Waals surface area (Å²) in [5, 5.41) is 14.8. The van der Waals surface area contributed by atoms with Gasteiger partial charge in [-0.05, 0) is 96.4 Å². The summed E-state index contributed by atoms with van der Waals surface area (Å²) < 4.78 is 178. The zero-order chi connectivity index (χ0) is 49.4. The highest BCUT2D eigenvalue weighted by Crippen LogP contribution is 2.47. The lowest BCUT2D eigenvalue weighted by molar-refractivity contribution is -0.145. The Labute approximate surface area is 377 Å². The third-order valence-electron chi connectivity index (χ3n) is 11.4. The van der Waals surface area contributed by atoms with Gasteiger partial charge in [-0.15, -0.1) is 11.3 Å². The fraction of sp³-hybridized carbons (Fsp3) is 0.240. The number of nitrogens with zero attached hydrogens (tertiary/aromatic N) is 4. The smallest absolute Gasteiger partial charge is 0.417 e. The molecular weight excluding hydrogens is 917 g/mol. The fourth-order valence-corrected chi connectivity index (χ4v) is 9.19. The molecule has 0 saturated carbocycles. The second-order valence-electron chi connectivity index (χ2n) is 17.9. The summed E-state index contributed by atoms with van der Waals surface area (Å²) in [6, 6.07) is 23.5. The Morgan fingerprint density at radius 2 is 0.821 bits per heavy atom. The van der Waals surface area contributed by atoms with Gasteiger partial charge in [-0.2, -0.15) is 52.7 Å². The highest BCUT2D eigenvalue weighted by Gasteiger charge is 2.47. The van der Waals surface area contributed by atoms with E-state index in [0.717, 1.165) is 0 Å². The topological polar surface area (TPSA) is 62.8 Å². The molecule has 0 N–H and O–H groups in total. The molecular formula is C50H36F12N4S. The number of hydrogen-bond acceptors (Lipinski definition) is 3. The lowest BCUT2D eigenvalue weighted by Gasteiger charge is -2.26. The fourth-order valence-electron chi connectivity index (χ4n) is 8.10. The summed E-state index contributed by atoms with van der Waals surface area (Å²) in [5.41, 5.74) is -3.69. The van der Waals surface area contributed by atoms with Crippen LogP contribution < -0.4 is 10.4 Å². The van der Waals surface area contributed by atoms with Crippen molar-refractivity contribution in [3.63, 3.8) is 0 Å². The number of hydrogen-bond donors (Lipinski definition) is 0. The molecule has 0 amide bonds. The van der Waals surface area contributed by atoms with E-state index >= 15 is 0 Å². The average Bonchev–Trinajstić information content (AvgIpc) is 3.71. The van der Waals surface area contributed by atoms with E-state index in [4.69, 9.17) is 0 Å². The van der Waals surface area contributed by atoms with Crippen molar-refractivity contribution < 1.29 is 52.7 Å². The molecule has 0 aliphatic carbocycles. The van der Waals surface area contributed by atoms with Crippen molar-refractivity contribution in [1.29, 1.82) is 5.39 Å². The van der Waals surface area contributed by atoms with Crippen molar-refractivity contribution in [3.8, 4) is 0 Å². The van der Waals surface area contributed by atoms with Crippen LogP contribution in [0, 0.1) is 24.9 Å². The minimum atomic E-state index is -5.31. The van der Waals surface area contributed by atoms with E-state index in [9.17, 15) is 63.6 Å². The summed E-state index contributed by atoms with van der Waals surface area (Å²) in [4.78, 5) is 3.07. The highest BCUT2D eigenvalue weighted by atomic mass is 32.1. The van der Waals surface area contributed by atoms with Crippen molar-refractivity contribution in [2.45, 2.75) is 77.1 Å². The molecule has 6 aromatic carbocycles. The molecule has 1 heterocycles. The zero-order valence-electron chi connectivity index (χ0n) is 36.1. The second-order valence-corrected chi connectivity index (χ2v) is 18.9. The molecule has 0 radical (unpaired) electrons. The standard InChI is InChI=1S/C50H36F12N4S/c1-45(2,3)25-21-35(47(51,52)53)41(36(22-25)48(54,55)56)43(65-63)33-17-15-31(27-11-7-9-13-29(27)33)39-19-20-40(67-39)32-16-18-34(30-14-10-8-12-28(30)32)44(66-64)42-37(49(57,58)59)23-26(46(4,5)6)24-38(42)50(60,61)62/h7-24H,1-6H3. The minimum Gasteiger partial charge on any atom is -0.706 e. The van der Waals surface area contributed by atoms with Gasteiger partial charge in [-0.1, -0.05) is 108 Å². The molecule has 0 saturated heterocycles. The molecule has 7 aromatic rings. The molecule has 0 aliphatic rings. The summed E-state index contributed by atoms with van der Waals surface area (Å²) in [5.74, 6) is 0.